The highest BCUT2D eigenvalue weighted by molar-refractivity contribution is 8.00. The predicted molar refractivity (Wildman–Crippen MR) is 75.6 cm³/mol. The van der Waals surface area contributed by atoms with Crippen molar-refractivity contribution in [2.45, 2.75) is 37.5 Å². The number of hydrazine groups is 1. The number of hydrogen-bond donors (Lipinski definition) is 2. The van der Waals surface area contributed by atoms with Crippen LogP contribution < -0.4 is 11.3 Å². The molecule has 0 saturated carbocycles. The van der Waals surface area contributed by atoms with Crippen LogP contribution in [0.5, 0.6) is 0 Å². The van der Waals surface area contributed by atoms with Gasteiger partial charge in [0.1, 0.15) is 9.86 Å². The summed E-state index contributed by atoms with van der Waals surface area (Å²) in [6.07, 6.45) is 0. The van der Waals surface area contributed by atoms with E-state index in [2.05, 4.69) is 49.2 Å². The number of nitrogens with two attached hydrogens (primary N) is 1. The molecule has 0 aliphatic carbocycles. The van der Waals surface area contributed by atoms with E-state index in [-0.39, 0.29) is 4.75 Å². The molecular formula is C11H16N4S2. The highest BCUT2D eigenvalue weighted by Gasteiger charge is 2.18. The van der Waals surface area contributed by atoms with Crippen LogP contribution in [-0.4, -0.2) is 14.7 Å². The zero-order valence-corrected chi connectivity index (χ0v) is 12.0. The lowest BCUT2D eigenvalue weighted by Gasteiger charge is -2.17. The van der Waals surface area contributed by atoms with E-state index in [1.807, 2.05) is 0 Å². The number of aromatic nitrogens is 2. The van der Waals surface area contributed by atoms with Crippen LogP contribution in [0, 0.1) is 6.92 Å². The number of thiophene rings is 1. The number of nitrogens with one attached hydrogen (secondary N) is 1. The van der Waals surface area contributed by atoms with Gasteiger partial charge in [0.15, 0.2) is 0 Å². The summed E-state index contributed by atoms with van der Waals surface area (Å²) in [5, 5.41) is 2.10. The lowest BCUT2D eigenvalue weighted by molar-refractivity contribution is 0.800. The number of thioether (sulfide) groups is 1. The second-order valence-corrected chi connectivity index (χ2v) is 7.84. The molecule has 6 heteroatoms. The average molecular weight is 268 g/mol. The van der Waals surface area contributed by atoms with E-state index in [4.69, 9.17) is 5.84 Å². The van der Waals surface area contributed by atoms with E-state index < -0.39 is 0 Å². The van der Waals surface area contributed by atoms with Crippen LogP contribution in [-0.2, 0) is 0 Å². The Kier molecular flexibility index (Phi) is 3.29. The number of hydrogen-bond acceptors (Lipinski definition) is 6. The summed E-state index contributed by atoms with van der Waals surface area (Å²) in [6.45, 7) is 8.58. The Morgan fingerprint density at radius 1 is 1.35 bits per heavy atom. The third kappa shape index (κ3) is 2.88. The van der Waals surface area contributed by atoms with Gasteiger partial charge in [-0.1, -0.05) is 32.5 Å². The number of nitrogen functional groups attached to an aromatic ring is 1. The van der Waals surface area contributed by atoms with E-state index in [9.17, 15) is 0 Å². The molecule has 2 aromatic rings. The molecule has 0 aromatic carbocycles. The lowest BCUT2D eigenvalue weighted by atomic mass is 10.3. The highest BCUT2D eigenvalue weighted by atomic mass is 32.2. The van der Waals surface area contributed by atoms with Gasteiger partial charge in [-0.05, 0) is 13.0 Å². The third-order valence-electron chi connectivity index (χ3n) is 2.01. The maximum atomic E-state index is 5.40. The molecule has 2 aromatic heterocycles. The second-order valence-electron chi connectivity index (χ2n) is 4.79. The van der Waals surface area contributed by atoms with Crippen LogP contribution in [0.15, 0.2) is 11.1 Å². The van der Waals surface area contributed by atoms with Gasteiger partial charge < -0.3 is 0 Å². The molecule has 0 saturated heterocycles. The number of anilines is 1. The SMILES string of the molecule is Cc1cc2c(SC(C)(C)C)nc(NN)nc2s1. The quantitative estimate of drug-likeness (QED) is 0.379. The topological polar surface area (TPSA) is 63.8 Å². The van der Waals surface area contributed by atoms with Crippen LogP contribution in [0.3, 0.4) is 0 Å². The summed E-state index contributed by atoms with van der Waals surface area (Å²) in [5.74, 6) is 5.88. The van der Waals surface area contributed by atoms with Crippen molar-refractivity contribution in [3.8, 4) is 0 Å². The van der Waals surface area contributed by atoms with Crippen LogP contribution in [0.25, 0.3) is 10.2 Å². The standard InChI is InChI=1S/C11H16N4S2/c1-6-5-7-8(16-6)13-10(15-12)14-9(7)17-11(2,3)4/h5H,12H2,1-4H3,(H,13,14,15). The van der Waals surface area contributed by atoms with Crippen molar-refractivity contribution in [1.82, 2.24) is 9.97 Å². The summed E-state index contributed by atoms with van der Waals surface area (Å²) in [6, 6.07) is 2.13. The van der Waals surface area contributed by atoms with Gasteiger partial charge >= 0.3 is 0 Å². The fraction of sp³-hybridized carbons (Fsp3) is 0.455. The van der Waals surface area contributed by atoms with Crippen LogP contribution in [0.4, 0.5) is 5.95 Å². The van der Waals surface area contributed by atoms with Gasteiger partial charge in [0.25, 0.3) is 0 Å². The van der Waals surface area contributed by atoms with Gasteiger partial charge in [-0.2, -0.15) is 0 Å². The molecule has 0 atom stereocenters. The monoisotopic (exact) mass is 268 g/mol. The maximum Gasteiger partial charge on any atom is 0.239 e. The van der Waals surface area contributed by atoms with Gasteiger partial charge in [0, 0.05) is 15.0 Å². The fourth-order valence-electron chi connectivity index (χ4n) is 1.45. The molecule has 0 unspecified atom stereocenters. The van der Waals surface area contributed by atoms with Gasteiger partial charge in [-0.25, -0.2) is 15.8 Å². The van der Waals surface area contributed by atoms with Crippen molar-refractivity contribution in [1.29, 1.82) is 0 Å². The normalized spacial score (nSPS) is 12.1. The van der Waals surface area contributed by atoms with E-state index in [1.165, 1.54) is 4.88 Å². The molecule has 2 heterocycles. The van der Waals surface area contributed by atoms with Gasteiger partial charge in [0.2, 0.25) is 5.95 Å². The van der Waals surface area contributed by atoms with Crippen molar-refractivity contribution >= 4 is 39.3 Å². The van der Waals surface area contributed by atoms with E-state index in [0.717, 1.165) is 15.2 Å². The fourth-order valence-corrected chi connectivity index (χ4v) is 3.37. The molecule has 17 heavy (non-hydrogen) atoms. The summed E-state index contributed by atoms with van der Waals surface area (Å²) in [7, 11) is 0. The molecule has 0 bridgehead atoms. The van der Waals surface area contributed by atoms with Gasteiger partial charge in [-0.3, -0.25) is 5.43 Å². The average Bonchev–Trinajstić information content (AvgIpc) is 2.56. The predicted octanol–water partition coefficient (Wildman–Crippen LogP) is 3.18. The number of aryl methyl sites for hydroxylation is 1. The van der Waals surface area contributed by atoms with Crippen molar-refractivity contribution < 1.29 is 0 Å². The van der Waals surface area contributed by atoms with Gasteiger partial charge in [-0.15, -0.1) is 11.3 Å². The van der Waals surface area contributed by atoms with Crippen molar-refractivity contribution in [3.05, 3.63) is 10.9 Å². The molecule has 4 nitrogen and oxygen atoms in total. The molecule has 2 rings (SSSR count). The first-order valence-corrected chi connectivity index (χ1v) is 6.96. The molecule has 0 aliphatic rings. The zero-order chi connectivity index (χ0) is 12.6. The summed E-state index contributed by atoms with van der Waals surface area (Å²) >= 11 is 3.39. The van der Waals surface area contributed by atoms with Crippen molar-refractivity contribution in [3.63, 3.8) is 0 Å². The van der Waals surface area contributed by atoms with Crippen LogP contribution >= 0.6 is 23.1 Å². The molecule has 0 aliphatic heterocycles. The molecule has 92 valence electrons. The minimum Gasteiger partial charge on any atom is -0.292 e. The molecule has 0 fully saturated rings. The second kappa shape index (κ2) is 4.44. The summed E-state index contributed by atoms with van der Waals surface area (Å²) in [4.78, 5) is 11.0. The summed E-state index contributed by atoms with van der Waals surface area (Å²) in [5.41, 5.74) is 2.53. The zero-order valence-electron chi connectivity index (χ0n) is 10.4. The Labute approximate surface area is 109 Å². The molecule has 3 N–H and O–H groups in total. The third-order valence-corrected chi connectivity index (χ3v) is 4.07. The Hall–Kier alpha value is -0.850. The minimum atomic E-state index is 0.114. The summed E-state index contributed by atoms with van der Waals surface area (Å²) < 4.78 is 0.114. The van der Waals surface area contributed by atoms with Crippen LogP contribution in [0.1, 0.15) is 25.6 Å². The van der Waals surface area contributed by atoms with E-state index >= 15 is 0 Å². The van der Waals surface area contributed by atoms with E-state index in [1.54, 1.807) is 23.1 Å². The Bertz CT molecular complexity index is 542. The lowest BCUT2D eigenvalue weighted by Crippen LogP contribution is -2.12. The smallest absolute Gasteiger partial charge is 0.239 e. The molecular weight excluding hydrogens is 252 g/mol. The molecule has 0 amide bonds. The Morgan fingerprint density at radius 3 is 2.65 bits per heavy atom. The first kappa shape index (κ1) is 12.6. The first-order chi connectivity index (χ1) is 7.89. The molecule has 0 spiro atoms. The number of rotatable bonds is 2. The van der Waals surface area contributed by atoms with Crippen molar-refractivity contribution in [2.75, 3.05) is 5.43 Å². The van der Waals surface area contributed by atoms with Gasteiger partial charge in [0.05, 0.1) is 0 Å². The maximum absolute atomic E-state index is 5.40. The Morgan fingerprint density at radius 2 is 2.06 bits per heavy atom. The first-order valence-electron chi connectivity index (χ1n) is 5.33. The minimum absolute atomic E-state index is 0.114. The Balaban J connectivity index is 2.58. The number of fused-ring (bicyclic) bond motifs is 1. The van der Waals surface area contributed by atoms with Crippen LogP contribution in [0.2, 0.25) is 0 Å². The largest absolute Gasteiger partial charge is 0.292 e. The number of nitrogens with zero attached hydrogens (tertiary/aromatic N) is 2. The molecule has 0 radical (unpaired) electrons. The van der Waals surface area contributed by atoms with E-state index in [0.29, 0.717) is 5.95 Å². The highest BCUT2D eigenvalue weighted by Crippen LogP contribution is 2.37. The van der Waals surface area contributed by atoms with Crippen molar-refractivity contribution in [2.24, 2.45) is 5.84 Å².